The number of nitrogens with one attached hydrogen (secondary N) is 1. The summed E-state index contributed by atoms with van der Waals surface area (Å²) in [6.07, 6.45) is 1.22. The van der Waals surface area contributed by atoms with E-state index in [1.165, 1.54) is 17.0 Å². The third-order valence-electron chi connectivity index (χ3n) is 6.65. The molecule has 0 saturated heterocycles. The number of carbonyl (C=O) groups is 2. The fourth-order valence-corrected chi connectivity index (χ4v) is 5.42. The summed E-state index contributed by atoms with van der Waals surface area (Å²) in [7, 11) is -4.23. The Morgan fingerprint density at radius 1 is 0.923 bits per heavy atom. The molecular weight excluding hydrogens is 517 g/mol. The van der Waals surface area contributed by atoms with Gasteiger partial charge in [-0.15, -0.1) is 0 Å². The van der Waals surface area contributed by atoms with E-state index < -0.39 is 34.3 Å². The summed E-state index contributed by atoms with van der Waals surface area (Å²) < 4.78 is 42.0. The number of carbonyl (C=O) groups excluding carboxylic acids is 2. The first-order chi connectivity index (χ1) is 18.5. The first kappa shape index (κ1) is 29.8. The van der Waals surface area contributed by atoms with Crippen molar-refractivity contribution in [2.75, 3.05) is 17.4 Å². The quantitative estimate of drug-likeness (QED) is 0.352. The highest BCUT2D eigenvalue weighted by Gasteiger charge is 2.32. The average molecular weight is 554 g/mol. The molecule has 0 aliphatic rings. The van der Waals surface area contributed by atoms with Gasteiger partial charge in [-0.25, -0.2) is 12.8 Å². The van der Waals surface area contributed by atoms with E-state index in [0.717, 1.165) is 34.0 Å². The first-order valence-corrected chi connectivity index (χ1v) is 14.5. The molecular formula is C30H36FN3O4S. The summed E-state index contributed by atoms with van der Waals surface area (Å²) in [6.45, 7) is 7.04. The fourth-order valence-electron chi connectivity index (χ4n) is 4.01. The molecule has 7 nitrogen and oxygen atoms in total. The van der Waals surface area contributed by atoms with Gasteiger partial charge >= 0.3 is 0 Å². The normalized spacial score (nSPS) is 12.8. The zero-order valence-electron chi connectivity index (χ0n) is 22.8. The van der Waals surface area contributed by atoms with E-state index in [0.29, 0.717) is 6.42 Å². The van der Waals surface area contributed by atoms with Crippen molar-refractivity contribution in [3.05, 3.63) is 95.8 Å². The Morgan fingerprint density at radius 2 is 1.54 bits per heavy atom. The number of hydrogen-bond donors (Lipinski definition) is 1. The smallest absolute Gasteiger partial charge is 0.264 e. The van der Waals surface area contributed by atoms with Crippen LogP contribution in [0.2, 0.25) is 0 Å². The third kappa shape index (κ3) is 7.89. The molecule has 2 amide bonds. The molecule has 2 atom stereocenters. The van der Waals surface area contributed by atoms with Crippen LogP contribution < -0.4 is 9.62 Å². The van der Waals surface area contributed by atoms with E-state index >= 15 is 0 Å². The lowest BCUT2D eigenvalue weighted by atomic mass is 10.1. The number of rotatable bonds is 12. The topological polar surface area (TPSA) is 86.8 Å². The molecule has 0 unspecified atom stereocenters. The lowest BCUT2D eigenvalue weighted by Crippen LogP contribution is -2.53. The van der Waals surface area contributed by atoms with Crippen LogP contribution in [0.25, 0.3) is 0 Å². The average Bonchev–Trinajstić information content (AvgIpc) is 2.93. The SMILES string of the molecule is CC[C@@H](C)NC(=O)[C@H](C)N(CCc1ccccc1)C(=O)CN(c1ccc(C)cc1)S(=O)(=O)c1ccc(F)cc1. The standard InChI is InChI=1S/C30H36FN3O4S/c1-5-23(3)32-30(36)24(4)33(20-19-25-9-7-6-8-10-25)29(35)21-34(27-15-11-22(2)12-16-27)39(37,38)28-17-13-26(31)14-18-28/h6-18,23-24H,5,19-21H2,1-4H3,(H,32,36)/t23-,24+/m1/s1. The van der Waals surface area contributed by atoms with Gasteiger partial charge < -0.3 is 10.2 Å². The predicted molar refractivity (Wildman–Crippen MR) is 151 cm³/mol. The van der Waals surface area contributed by atoms with Gasteiger partial charge in [0.05, 0.1) is 10.6 Å². The molecule has 208 valence electrons. The van der Waals surface area contributed by atoms with Crippen molar-refractivity contribution in [1.82, 2.24) is 10.2 Å². The van der Waals surface area contributed by atoms with Crippen molar-refractivity contribution in [2.45, 2.75) is 57.5 Å². The second kappa shape index (κ2) is 13.4. The molecule has 0 aromatic heterocycles. The highest BCUT2D eigenvalue weighted by molar-refractivity contribution is 7.92. The Labute approximate surface area is 230 Å². The van der Waals surface area contributed by atoms with Crippen LogP contribution in [0.5, 0.6) is 0 Å². The van der Waals surface area contributed by atoms with Gasteiger partial charge in [0.15, 0.2) is 0 Å². The monoisotopic (exact) mass is 553 g/mol. The maximum absolute atomic E-state index is 13.8. The van der Waals surface area contributed by atoms with Crippen LogP contribution >= 0.6 is 0 Å². The van der Waals surface area contributed by atoms with Crippen LogP contribution in [-0.4, -0.2) is 50.3 Å². The Bertz CT molecular complexity index is 1350. The number of anilines is 1. The number of amides is 2. The lowest BCUT2D eigenvalue weighted by molar-refractivity contribution is -0.139. The second-order valence-corrected chi connectivity index (χ2v) is 11.5. The minimum Gasteiger partial charge on any atom is -0.352 e. The molecule has 0 fully saturated rings. The molecule has 9 heteroatoms. The van der Waals surface area contributed by atoms with Crippen molar-refractivity contribution in [3.63, 3.8) is 0 Å². The van der Waals surface area contributed by atoms with E-state index in [1.54, 1.807) is 31.2 Å². The molecule has 0 bridgehead atoms. The van der Waals surface area contributed by atoms with Gasteiger partial charge in [-0.3, -0.25) is 13.9 Å². The van der Waals surface area contributed by atoms with Crippen molar-refractivity contribution >= 4 is 27.5 Å². The van der Waals surface area contributed by atoms with Crippen molar-refractivity contribution in [2.24, 2.45) is 0 Å². The van der Waals surface area contributed by atoms with Crippen LogP contribution in [0.3, 0.4) is 0 Å². The zero-order chi connectivity index (χ0) is 28.6. The lowest BCUT2D eigenvalue weighted by Gasteiger charge is -2.32. The number of halogens is 1. The van der Waals surface area contributed by atoms with Crippen LogP contribution in [0.15, 0.2) is 83.8 Å². The summed E-state index contributed by atoms with van der Waals surface area (Å²) in [6, 6.07) is 19.9. The molecule has 0 aliphatic carbocycles. The number of nitrogens with zero attached hydrogens (tertiary/aromatic N) is 2. The molecule has 0 saturated carbocycles. The Morgan fingerprint density at radius 3 is 2.13 bits per heavy atom. The van der Waals surface area contributed by atoms with Gasteiger partial charge in [-0.05, 0) is 75.6 Å². The van der Waals surface area contributed by atoms with Gasteiger partial charge in [-0.2, -0.15) is 0 Å². The van der Waals surface area contributed by atoms with Crippen molar-refractivity contribution in [1.29, 1.82) is 0 Å². The minimum absolute atomic E-state index is 0.0751. The third-order valence-corrected chi connectivity index (χ3v) is 8.44. The van der Waals surface area contributed by atoms with Gasteiger partial charge in [0, 0.05) is 12.6 Å². The largest absolute Gasteiger partial charge is 0.352 e. The highest BCUT2D eigenvalue weighted by Crippen LogP contribution is 2.25. The first-order valence-electron chi connectivity index (χ1n) is 13.0. The summed E-state index contributed by atoms with van der Waals surface area (Å²) in [5, 5.41) is 2.92. The predicted octanol–water partition coefficient (Wildman–Crippen LogP) is 4.70. The van der Waals surface area contributed by atoms with E-state index in [-0.39, 0.29) is 29.1 Å². The second-order valence-electron chi connectivity index (χ2n) is 9.62. The summed E-state index contributed by atoms with van der Waals surface area (Å²) in [5.74, 6) is -1.40. The molecule has 3 aromatic carbocycles. The Balaban J connectivity index is 1.96. The van der Waals surface area contributed by atoms with E-state index in [2.05, 4.69) is 5.32 Å². The van der Waals surface area contributed by atoms with Crippen LogP contribution in [0.1, 0.15) is 38.3 Å². The number of benzene rings is 3. The molecule has 0 heterocycles. The summed E-state index contributed by atoms with van der Waals surface area (Å²) in [4.78, 5) is 28.1. The van der Waals surface area contributed by atoms with Crippen LogP contribution in [0, 0.1) is 12.7 Å². The van der Waals surface area contributed by atoms with Gasteiger partial charge in [0.25, 0.3) is 10.0 Å². The molecule has 0 radical (unpaired) electrons. The Hall–Kier alpha value is -3.72. The molecule has 1 N–H and O–H groups in total. The maximum atomic E-state index is 13.8. The zero-order valence-corrected chi connectivity index (χ0v) is 23.6. The molecule has 0 spiro atoms. The van der Waals surface area contributed by atoms with Gasteiger partial charge in [-0.1, -0.05) is 55.0 Å². The van der Waals surface area contributed by atoms with E-state index in [4.69, 9.17) is 0 Å². The van der Waals surface area contributed by atoms with Crippen LogP contribution in [0.4, 0.5) is 10.1 Å². The van der Waals surface area contributed by atoms with Crippen LogP contribution in [-0.2, 0) is 26.0 Å². The number of aryl methyl sites for hydroxylation is 1. The van der Waals surface area contributed by atoms with Gasteiger partial charge in [0.1, 0.15) is 18.4 Å². The molecule has 3 rings (SSSR count). The van der Waals surface area contributed by atoms with E-state index in [1.807, 2.05) is 51.1 Å². The van der Waals surface area contributed by atoms with E-state index in [9.17, 15) is 22.4 Å². The Kier molecular flexibility index (Phi) is 10.2. The van der Waals surface area contributed by atoms with Crippen molar-refractivity contribution in [3.8, 4) is 0 Å². The maximum Gasteiger partial charge on any atom is 0.264 e. The molecule has 39 heavy (non-hydrogen) atoms. The highest BCUT2D eigenvalue weighted by atomic mass is 32.2. The summed E-state index contributed by atoms with van der Waals surface area (Å²) >= 11 is 0. The van der Waals surface area contributed by atoms with Crippen molar-refractivity contribution < 1.29 is 22.4 Å². The molecule has 0 aliphatic heterocycles. The number of sulfonamides is 1. The summed E-state index contributed by atoms with van der Waals surface area (Å²) in [5.41, 5.74) is 2.20. The minimum atomic E-state index is -4.23. The van der Waals surface area contributed by atoms with Gasteiger partial charge in [0.2, 0.25) is 11.8 Å². The molecule has 3 aromatic rings. The fraction of sp³-hybridized carbons (Fsp3) is 0.333. The number of hydrogen-bond acceptors (Lipinski definition) is 4.